The lowest BCUT2D eigenvalue weighted by atomic mass is 10.0. The standard InChI is InChI=1S/C31H39F3N6O5/c1-7-39(8-2)11-12-45-29(42)30(3,4)38-17-22(16-35)20-9-10-40-23(18-36-26(40)15-20)21-13-24(43-5)27(25(14-21)44-6)28(41)37-19-31(32,33)34/h9-10,13-18,35,38H,7-8,11-12,19H2,1-6H3,(H,37,41)/b22-17+,35-16?. The van der Waals surface area contributed by atoms with E-state index in [0.717, 1.165) is 19.3 Å². The van der Waals surface area contributed by atoms with Crippen molar-refractivity contribution in [1.29, 1.82) is 5.41 Å². The average molecular weight is 633 g/mol. The molecule has 3 aromatic rings. The van der Waals surface area contributed by atoms with Crippen LogP contribution in [0.25, 0.3) is 22.5 Å². The van der Waals surface area contributed by atoms with E-state index in [1.54, 1.807) is 49.0 Å². The van der Waals surface area contributed by atoms with Gasteiger partial charge < -0.3 is 35.2 Å². The van der Waals surface area contributed by atoms with Gasteiger partial charge in [-0.25, -0.2) is 9.78 Å². The monoisotopic (exact) mass is 632 g/mol. The van der Waals surface area contributed by atoms with Gasteiger partial charge in [0.15, 0.2) is 0 Å². The summed E-state index contributed by atoms with van der Waals surface area (Å²) in [5.41, 5.74) is 1.56. The molecular weight excluding hydrogens is 593 g/mol. The van der Waals surface area contributed by atoms with Crippen LogP contribution in [0.2, 0.25) is 0 Å². The molecule has 14 heteroatoms. The van der Waals surface area contributed by atoms with Crippen molar-refractivity contribution in [2.24, 2.45) is 0 Å². The van der Waals surface area contributed by atoms with Crippen molar-refractivity contribution in [2.75, 3.05) is 47.0 Å². The van der Waals surface area contributed by atoms with E-state index in [2.05, 4.69) is 15.2 Å². The molecule has 0 saturated carbocycles. The predicted octanol–water partition coefficient (Wildman–Crippen LogP) is 4.55. The summed E-state index contributed by atoms with van der Waals surface area (Å²) >= 11 is 0. The lowest BCUT2D eigenvalue weighted by Gasteiger charge is -2.25. The maximum absolute atomic E-state index is 12.7. The Morgan fingerprint density at radius 1 is 1.09 bits per heavy atom. The maximum Gasteiger partial charge on any atom is 0.405 e. The van der Waals surface area contributed by atoms with Gasteiger partial charge in [0, 0.05) is 36.3 Å². The Labute approximate surface area is 259 Å². The Morgan fingerprint density at radius 2 is 1.73 bits per heavy atom. The zero-order chi connectivity index (χ0) is 33.4. The third-order valence-corrected chi connectivity index (χ3v) is 7.11. The van der Waals surface area contributed by atoms with Crippen LogP contribution in [0.3, 0.4) is 0 Å². The Morgan fingerprint density at radius 3 is 2.29 bits per heavy atom. The second-order valence-corrected chi connectivity index (χ2v) is 10.5. The van der Waals surface area contributed by atoms with E-state index in [0.29, 0.717) is 34.6 Å². The topological polar surface area (TPSA) is 130 Å². The van der Waals surface area contributed by atoms with Crippen LogP contribution in [0.5, 0.6) is 11.5 Å². The molecule has 1 aromatic carbocycles. The number of carbonyl (C=O) groups is 2. The fourth-order valence-electron chi connectivity index (χ4n) is 4.44. The number of hydrogen-bond donors (Lipinski definition) is 3. The van der Waals surface area contributed by atoms with E-state index in [4.69, 9.17) is 19.6 Å². The van der Waals surface area contributed by atoms with Crippen LogP contribution >= 0.6 is 0 Å². The Hall–Kier alpha value is -4.59. The second kappa shape index (κ2) is 14.9. The molecule has 0 spiro atoms. The number of halogens is 3. The molecule has 0 aliphatic carbocycles. The van der Waals surface area contributed by atoms with E-state index in [9.17, 15) is 22.8 Å². The summed E-state index contributed by atoms with van der Waals surface area (Å²) in [6.07, 6.45) is 1.47. The number of rotatable bonds is 15. The van der Waals surface area contributed by atoms with Crippen molar-refractivity contribution in [1.82, 2.24) is 24.9 Å². The van der Waals surface area contributed by atoms with Crippen LogP contribution in [0.1, 0.15) is 43.6 Å². The van der Waals surface area contributed by atoms with Gasteiger partial charge in [-0.1, -0.05) is 13.8 Å². The first-order chi connectivity index (χ1) is 21.3. The van der Waals surface area contributed by atoms with Crippen LogP contribution in [0.4, 0.5) is 13.2 Å². The number of amides is 1. The van der Waals surface area contributed by atoms with Gasteiger partial charge in [0.1, 0.15) is 41.4 Å². The number of nitrogens with one attached hydrogen (secondary N) is 3. The van der Waals surface area contributed by atoms with Crippen LogP contribution in [-0.4, -0.2) is 91.1 Å². The number of pyridine rings is 1. The van der Waals surface area contributed by atoms with Gasteiger partial charge in [-0.05, 0) is 56.8 Å². The lowest BCUT2D eigenvalue weighted by Crippen LogP contribution is -2.46. The number of allylic oxidation sites excluding steroid dienone is 1. The largest absolute Gasteiger partial charge is 0.496 e. The summed E-state index contributed by atoms with van der Waals surface area (Å²) < 4.78 is 56.0. The molecular formula is C31H39F3N6O5. The predicted molar refractivity (Wildman–Crippen MR) is 165 cm³/mol. The third-order valence-electron chi connectivity index (χ3n) is 7.11. The molecule has 0 radical (unpaired) electrons. The molecule has 0 unspecified atom stereocenters. The van der Waals surface area contributed by atoms with E-state index in [1.165, 1.54) is 26.4 Å². The van der Waals surface area contributed by atoms with Crippen LogP contribution in [-0.2, 0) is 9.53 Å². The van der Waals surface area contributed by atoms with Gasteiger partial charge in [-0.3, -0.25) is 9.20 Å². The highest BCUT2D eigenvalue weighted by atomic mass is 19.4. The summed E-state index contributed by atoms with van der Waals surface area (Å²) in [5, 5.41) is 12.9. The lowest BCUT2D eigenvalue weighted by molar-refractivity contribution is -0.150. The third kappa shape index (κ3) is 8.75. The van der Waals surface area contributed by atoms with Gasteiger partial charge in [0.05, 0.1) is 26.1 Å². The molecule has 45 heavy (non-hydrogen) atoms. The summed E-state index contributed by atoms with van der Waals surface area (Å²) in [4.78, 5) is 31.9. The minimum absolute atomic E-state index is 0.0184. The van der Waals surface area contributed by atoms with Crippen molar-refractivity contribution in [3.8, 4) is 22.8 Å². The minimum atomic E-state index is -4.58. The Bertz CT molecular complexity index is 1520. The van der Waals surface area contributed by atoms with Gasteiger partial charge in [-0.15, -0.1) is 0 Å². The molecule has 2 heterocycles. The number of carbonyl (C=O) groups excluding carboxylic acids is 2. The molecule has 0 aliphatic rings. The van der Waals surface area contributed by atoms with Crippen molar-refractivity contribution < 1.29 is 37.0 Å². The van der Waals surface area contributed by atoms with Crippen molar-refractivity contribution in [3.05, 3.63) is 54.0 Å². The molecule has 1 amide bonds. The fraction of sp³-hybridized carbons (Fsp3) is 0.419. The number of nitrogens with zero attached hydrogens (tertiary/aromatic N) is 3. The fourth-order valence-corrected chi connectivity index (χ4v) is 4.44. The van der Waals surface area contributed by atoms with Gasteiger partial charge in [0.25, 0.3) is 5.91 Å². The molecule has 11 nitrogen and oxygen atoms in total. The molecule has 0 fully saturated rings. The second-order valence-electron chi connectivity index (χ2n) is 10.5. The number of likely N-dealkylation sites (N-methyl/N-ethyl adjacent to an activating group) is 1. The summed E-state index contributed by atoms with van der Waals surface area (Å²) in [6.45, 7) is 8.63. The quantitative estimate of drug-likeness (QED) is 0.164. The molecule has 0 atom stereocenters. The molecule has 0 bridgehead atoms. The van der Waals surface area contributed by atoms with E-state index in [-0.39, 0.29) is 23.7 Å². The number of methoxy groups -OCH3 is 2. The average Bonchev–Trinajstić information content (AvgIpc) is 3.44. The molecule has 3 N–H and O–H groups in total. The minimum Gasteiger partial charge on any atom is -0.496 e. The number of esters is 1. The van der Waals surface area contributed by atoms with E-state index < -0.39 is 30.1 Å². The molecule has 0 saturated heterocycles. The zero-order valence-electron chi connectivity index (χ0n) is 26.2. The molecule has 3 rings (SSSR count). The van der Waals surface area contributed by atoms with Crippen LogP contribution in [0, 0.1) is 5.41 Å². The number of benzene rings is 1. The number of ether oxygens (including phenoxy) is 3. The number of fused-ring (bicyclic) bond motifs is 1. The van der Waals surface area contributed by atoms with Gasteiger partial charge in [-0.2, -0.15) is 13.2 Å². The van der Waals surface area contributed by atoms with Crippen molar-refractivity contribution in [3.63, 3.8) is 0 Å². The normalized spacial score (nSPS) is 12.3. The first-order valence-electron chi connectivity index (χ1n) is 14.2. The summed E-state index contributed by atoms with van der Waals surface area (Å²) in [7, 11) is 2.60. The molecule has 0 aliphatic heterocycles. The maximum atomic E-state index is 12.7. The number of imidazole rings is 1. The van der Waals surface area contributed by atoms with Crippen LogP contribution < -0.4 is 20.1 Å². The van der Waals surface area contributed by atoms with E-state index >= 15 is 0 Å². The highest BCUT2D eigenvalue weighted by Gasteiger charge is 2.30. The highest BCUT2D eigenvalue weighted by molar-refractivity contribution is 6.08. The summed E-state index contributed by atoms with van der Waals surface area (Å²) in [5.74, 6) is -1.38. The smallest absolute Gasteiger partial charge is 0.405 e. The van der Waals surface area contributed by atoms with Gasteiger partial charge in [0.2, 0.25) is 0 Å². The zero-order valence-corrected chi connectivity index (χ0v) is 26.2. The Balaban J connectivity index is 1.85. The highest BCUT2D eigenvalue weighted by Crippen LogP contribution is 2.35. The van der Waals surface area contributed by atoms with E-state index in [1.807, 2.05) is 19.2 Å². The first-order valence-corrected chi connectivity index (χ1v) is 14.2. The van der Waals surface area contributed by atoms with Crippen LogP contribution in [0.15, 0.2) is 42.9 Å². The van der Waals surface area contributed by atoms with Crippen molar-refractivity contribution >= 4 is 29.3 Å². The Kier molecular flexibility index (Phi) is 11.6. The number of hydrogen-bond acceptors (Lipinski definition) is 9. The first kappa shape index (κ1) is 34.9. The molecule has 2 aromatic heterocycles. The van der Waals surface area contributed by atoms with Crippen molar-refractivity contribution in [2.45, 2.75) is 39.4 Å². The number of aromatic nitrogens is 2. The SMILES string of the molecule is CCN(CC)CCOC(=O)C(C)(C)N/C=C(\C=N)c1ccn2c(-c3cc(OC)c(C(=O)NCC(F)(F)F)c(OC)c3)cnc2c1. The summed E-state index contributed by atoms with van der Waals surface area (Å²) in [6, 6.07) is 6.54. The van der Waals surface area contributed by atoms with Gasteiger partial charge >= 0.3 is 12.1 Å². The number of alkyl halides is 3. The molecule has 244 valence electrons.